The number of carbonyl (C=O) groups is 2. The second-order valence-corrected chi connectivity index (χ2v) is 5.97. The molecule has 0 radical (unpaired) electrons. The van der Waals surface area contributed by atoms with Crippen molar-refractivity contribution in [2.24, 2.45) is 11.8 Å². The van der Waals surface area contributed by atoms with E-state index in [0.29, 0.717) is 15.8 Å². The molecular formula is C12H10N4O2S2. The van der Waals surface area contributed by atoms with Gasteiger partial charge in [-0.05, 0) is 0 Å². The van der Waals surface area contributed by atoms with Crippen molar-refractivity contribution < 1.29 is 9.59 Å². The van der Waals surface area contributed by atoms with Gasteiger partial charge >= 0.3 is 0 Å². The van der Waals surface area contributed by atoms with Gasteiger partial charge in [0.05, 0.1) is 11.8 Å². The molecule has 0 aromatic carbocycles. The molecule has 2 N–H and O–H groups in total. The first kappa shape index (κ1) is 12.9. The fourth-order valence-corrected chi connectivity index (χ4v) is 2.95. The number of hydrogen-bond acceptors (Lipinski definition) is 6. The van der Waals surface area contributed by atoms with Crippen LogP contribution in [0.1, 0.15) is 0 Å². The smallest absolute Gasteiger partial charge is 0.234 e. The number of hydrogen-bond donors (Lipinski definition) is 2. The van der Waals surface area contributed by atoms with Gasteiger partial charge in [-0.1, -0.05) is 12.2 Å². The molecule has 2 atom stereocenters. The number of aromatic nitrogens is 2. The van der Waals surface area contributed by atoms with E-state index < -0.39 is 11.8 Å². The number of thiazole rings is 2. The average Bonchev–Trinajstić information content (AvgIpc) is 2.84. The van der Waals surface area contributed by atoms with Crippen LogP contribution in [0.4, 0.5) is 10.3 Å². The van der Waals surface area contributed by atoms with Crippen LogP contribution in [0.25, 0.3) is 0 Å². The first-order valence-corrected chi connectivity index (χ1v) is 7.52. The molecular weight excluding hydrogens is 296 g/mol. The molecule has 3 rings (SSSR count). The number of rotatable bonds is 4. The molecule has 1 aliphatic rings. The molecule has 2 aromatic rings. The van der Waals surface area contributed by atoms with E-state index in [2.05, 4.69) is 27.2 Å². The SMILES string of the molecule is C=C1C(C(=O)Nc2nccs2)C1C(=O)Nc1nccs1. The summed E-state index contributed by atoms with van der Waals surface area (Å²) in [5.41, 5.74) is 0.619. The molecule has 0 saturated heterocycles. The van der Waals surface area contributed by atoms with Crippen molar-refractivity contribution in [3.8, 4) is 0 Å². The second kappa shape index (κ2) is 5.14. The Hall–Kier alpha value is -2.06. The van der Waals surface area contributed by atoms with Crippen LogP contribution in [0.5, 0.6) is 0 Å². The lowest BCUT2D eigenvalue weighted by molar-refractivity contribution is -0.122. The molecule has 6 nitrogen and oxygen atoms in total. The number of amides is 2. The topological polar surface area (TPSA) is 84.0 Å². The van der Waals surface area contributed by atoms with E-state index in [-0.39, 0.29) is 11.8 Å². The van der Waals surface area contributed by atoms with E-state index in [9.17, 15) is 9.59 Å². The number of carbonyl (C=O) groups excluding carboxylic acids is 2. The van der Waals surface area contributed by atoms with Gasteiger partial charge in [-0.3, -0.25) is 9.59 Å². The van der Waals surface area contributed by atoms with Crippen LogP contribution in [0.15, 0.2) is 35.3 Å². The van der Waals surface area contributed by atoms with Crippen molar-refractivity contribution in [3.05, 3.63) is 35.3 Å². The number of anilines is 2. The second-order valence-electron chi connectivity index (χ2n) is 4.18. The van der Waals surface area contributed by atoms with Crippen LogP contribution in [-0.4, -0.2) is 21.8 Å². The third-order valence-corrected chi connectivity index (χ3v) is 4.29. The predicted molar refractivity (Wildman–Crippen MR) is 77.6 cm³/mol. The summed E-state index contributed by atoms with van der Waals surface area (Å²) in [7, 11) is 0. The Bertz CT molecular complexity index is 595. The highest BCUT2D eigenvalue weighted by Crippen LogP contribution is 2.45. The Morgan fingerprint density at radius 3 is 1.80 bits per heavy atom. The fourth-order valence-electron chi connectivity index (χ4n) is 1.89. The molecule has 1 aliphatic carbocycles. The zero-order chi connectivity index (χ0) is 14.1. The van der Waals surface area contributed by atoms with Gasteiger partial charge in [0.25, 0.3) is 0 Å². The Kier molecular flexibility index (Phi) is 3.33. The van der Waals surface area contributed by atoms with E-state index in [1.807, 2.05) is 0 Å². The molecule has 8 heteroatoms. The predicted octanol–water partition coefficient (Wildman–Crippen LogP) is 1.98. The maximum absolute atomic E-state index is 12.0. The summed E-state index contributed by atoms with van der Waals surface area (Å²) in [4.78, 5) is 31.9. The van der Waals surface area contributed by atoms with Gasteiger partial charge in [-0.2, -0.15) is 0 Å². The van der Waals surface area contributed by atoms with Crippen LogP contribution in [0.2, 0.25) is 0 Å². The summed E-state index contributed by atoms with van der Waals surface area (Å²) in [6.07, 6.45) is 3.21. The third-order valence-electron chi connectivity index (χ3n) is 2.91. The highest BCUT2D eigenvalue weighted by atomic mass is 32.1. The molecule has 2 heterocycles. The van der Waals surface area contributed by atoms with Crippen LogP contribution < -0.4 is 10.6 Å². The van der Waals surface area contributed by atoms with Gasteiger partial charge in [0.1, 0.15) is 0 Å². The zero-order valence-electron chi connectivity index (χ0n) is 10.2. The maximum atomic E-state index is 12.0. The Morgan fingerprint density at radius 2 is 1.45 bits per heavy atom. The van der Waals surface area contributed by atoms with Crippen molar-refractivity contribution in [1.29, 1.82) is 0 Å². The van der Waals surface area contributed by atoms with Crippen LogP contribution >= 0.6 is 22.7 Å². The highest BCUT2D eigenvalue weighted by molar-refractivity contribution is 7.14. The zero-order valence-corrected chi connectivity index (χ0v) is 11.8. The summed E-state index contributed by atoms with van der Waals surface area (Å²) in [6, 6.07) is 0. The molecule has 20 heavy (non-hydrogen) atoms. The van der Waals surface area contributed by atoms with E-state index in [0.717, 1.165) is 0 Å². The molecule has 1 fully saturated rings. The Morgan fingerprint density at radius 1 is 1.00 bits per heavy atom. The van der Waals surface area contributed by atoms with Gasteiger partial charge < -0.3 is 10.6 Å². The van der Waals surface area contributed by atoms with E-state index in [4.69, 9.17) is 0 Å². The minimum absolute atomic E-state index is 0.246. The summed E-state index contributed by atoms with van der Waals surface area (Å²) < 4.78 is 0. The Labute approximate surface area is 122 Å². The van der Waals surface area contributed by atoms with Crippen LogP contribution in [0, 0.1) is 11.8 Å². The first-order chi connectivity index (χ1) is 9.66. The largest absolute Gasteiger partial charge is 0.301 e. The van der Waals surface area contributed by atoms with Crippen molar-refractivity contribution in [3.63, 3.8) is 0 Å². The summed E-state index contributed by atoms with van der Waals surface area (Å²) in [6.45, 7) is 3.77. The molecule has 0 spiro atoms. The third kappa shape index (κ3) is 2.47. The quantitative estimate of drug-likeness (QED) is 0.846. The van der Waals surface area contributed by atoms with Gasteiger partial charge in [-0.15, -0.1) is 22.7 Å². The number of nitrogens with zero attached hydrogens (tertiary/aromatic N) is 2. The maximum Gasteiger partial charge on any atom is 0.234 e. The van der Waals surface area contributed by atoms with Crippen molar-refractivity contribution in [2.45, 2.75) is 0 Å². The minimum Gasteiger partial charge on any atom is -0.301 e. The minimum atomic E-state index is -0.487. The molecule has 0 bridgehead atoms. The fraction of sp³-hybridized carbons (Fsp3) is 0.167. The molecule has 0 aliphatic heterocycles. The van der Waals surface area contributed by atoms with Crippen molar-refractivity contribution in [2.75, 3.05) is 10.6 Å². The van der Waals surface area contributed by atoms with Gasteiger partial charge in [0, 0.05) is 23.2 Å². The van der Waals surface area contributed by atoms with Gasteiger partial charge in [-0.25, -0.2) is 9.97 Å². The number of nitrogens with one attached hydrogen (secondary N) is 2. The van der Waals surface area contributed by atoms with E-state index >= 15 is 0 Å². The first-order valence-electron chi connectivity index (χ1n) is 5.76. The summed E-state index contributed by atoms with van der Waals surface area (Å²) in [5.74, 6) is -1.47. The van der Waals surface area contributed by atoms with Crippen molar-refractivity contribution >= 4 is 44.8 Å². The molecule has 102 valence electrons. The van der Waals surface area contributed by atoms with Crippen molar-refractivity contribution in [1.82, 2.24) is 9.97 Å². The molecule has 2 amide bonds. The lowest BCUT2D eigenvalue weighted by atomic mass is 10.3. The monoisotopic (exact) mass is 306 g/mol. The standard InChI is InChI=1S/C12H10N4O2S2/c1-6-7(9(17)15-11-13-2-4-19-11)8(6)10(18)16-12-14-3-5-20-12/h2-5,7-8H,1H2,(H,13,15,17)(H,14,16,18). The van der Waals surface area contributed by atoms with Crippen LogP contribution in [-0.2, 0) is 9.59 Å². The lowest BCUT2D eigenvalue weighted by Gasteiger charge is -2.01. The Balaban J connectivity index is 1.61. The van der Waals surface area contributed by atoms with E-state index in [1.54, 1.807) is 23.2 Å². The van der Waals surface area contributed by atoms with Gasteiger partial charge in [0.2, 0.25) is 11.8 Å². The molecule has 2 unspecified atom stereocenters. The van der Waals surface area contributed by atoms with E-state index in [1.165, 1.54) is 22.7 Å². The molecule has 2 aromatic heterocycles. The summed E-state index contributed by atoms with van der Waals surface area (Å²) >= 11 is 2.66. The lowest BCUT2D eigenvalue weighted by Crippen LogP contribution is -2.20. The normalized spacial score (nSPS) is 20.5. The van der Waals surface area contributed by atoms with Crippen LogP contribution in [0.3, 0.4) is 0 Å². The van der Waals surface area contributed by atoms with Gasteiger partial charge in [0.15, 0.2) is 10.3 Å². The highest BCUT2D eigenvalue weighted by Gasteiger charge is 2.52. The summed E-state index contributed by atoms with van der Waals surface area (Å²) in [5, 5.41) is 9.92. The molecule has 1 saturated carbocycles. The average molecular weight is 306 g/mol.